The largest absolute Gasteiger partial charge is 0.366 e. The van der Waals surface area contributed by atoms with Crippen LogP contribution in [0.3, 0.4) is 0 Å². The normalized spacial score (nSPS) is 20.7. The van der Waals surface area contributed by atoms with Crippen molar-refractivity contribution in [2.45, 2.75) is 24.3 Å². The number of allylic oxidation sites excluding steroid dienone is 1. The van der Waals surface area contributed by atoms with Crippen LogP contribution < -0.4 is 5.73 Å². The maximum absolute atomic E-state index is 14.3. The van der Waals surface area contributed by atoms with Gasteiger partial charge < -0.3 is 10.6 Å². The molecule has 6 rings (SSSR count). The van der Waals surface area contributed by atoms with Crippen molar-refractivity contribution in [3.05, 3.63) is 83.4 Å². The zero-order valence-electron chi connectivity index (χ0n) is 17.2. The average molecular weight is 425 g/mol. The Labute approximate surface area is 184 Å². The summed E-state index contributed by atoms with van der Waals surface area (Å²) in [5, 5.41) is 1.13. The number of guanidine groups is 1. The number of hydrogen-bond donors (Lipinski definition) is 1. The molecule has 0 bridgehead atoms. The molecule has 1 saturated carbocycles. The maximum Gasteiger partial charge on any atom is 0.251 e. The molecule has 1 amide bonds. The average Bonchev–Trinajstić information content (AvgIpc) is 3.50. The fraction of sp³-hybridized carbons (Fsp3) is 0.200. The van der Waals surface area contributed by atoms with Crippen LogP contribution >= 0.6 is 0 Å². The Kier molecular flexibility index (Phi) is 4.02. The van der Waals surface area contributed by atoms with E-state index in [4.69, 9.17) is 5.73 Å². The number of aliphatic imine (C=N–C) groups is 2. The van der Waals surface area contributed by atoms with Gasteiger partial charge in [-0.2, -0.15) is 0 Å². The van der Waals surface area contributed by atoms with E-state index in [1.54, 1.807) is 12.3 Å². The summed E-state index contributed by atoms with van der Waals surface area (Å²) in [7, 11) is 0. The van der Waals surface area contributed by atoms with Crippen LogP contribution in [0.4, 0.5) is 4.39 Å². The summed E-state index contributed by atoms with van der Waals surface area (Å²) in [5.41, 5.74) is 8.80. The zero-order chi connectivity index (χ0) is 21.9. The van der Waals surface area contributed by atoms with Crippen LogP contribution in [0.1, 0.15) is 34.3 Å². The number of fused-ring (bicyclic) bond motifs is 2. The molecule has 6 nitrogen and oxygen atoms in total. The Morgan fingerprint density at radius 1 is 1.16 bits per heavy atom. The Hall–Kier alpha value is -3.87. The third kappa shape index (κ3) is 2.85. The van der Waals surface area contributed by atoms with Gasteiger partial charge in [0.15, 0.2) is 0 Å². The van der Waals surface area contributed by atoms with E-state index in [1.807, 2.05) is 18.5 Å². The molecular formula is C25H20FN5O. The number of primary amides is 1. The summed E-state index contributed by atoms with van der Waals surface area (Å²) in [4.78, 5) is 27.1. The molecule has 158 valence electrons. The van der Waals surface area contributed by atoms with Crippen molar-refractivity contribution < 1.29 is 9.18 Å². The highest BCUT2D eigenvalue weighted by atomic mass is 19.1. The van der Waals surface area contributed by atoms with E-state index in [2.05, 4.69) is 44.1 Å². The number of nitrogens with two attached hydrogens (primary N) is 1. The van der Waals surface area contributed by atoms with Crippen molar-refractivity contribution in [2.24, 2.45) is 15.7 Å². The molecule has 3 aromatic rings. The number of halogens is 1. The van der Waals surface area contributed by atoms with Crippen LogP contribution in [0.15, 0.2) is 70.9 Å². The van der Waals surface area contributed by atoms with E-state index >= 15 is 0 Å². The predicted octanol–water partition coefficient (Wildman–Crippen LogP) is 3.67. The van der Waals surface area contributed by atoms with Crippen LogP contribution in [-0.4, -0.2) is 40.6 Å². The number of carbonyl (C=O) groups is 1. The number of pyridine rings is 1. The minimum atomic E-state index is -0.782. The first-order valence-electron chi connectivity index (χ1n) is 10.6. The Bertz CT molecular complexity index is 1370. The quantitative estimate of drug-likeness (QED) is 0.692. The third-order valence-electron chi connectivity index (χ3n) is 6.74. The number of nitrogens with zero attached hydrogens (tertiary/aromatic N) is 4. The second-order valence-electron chi connectivity index (χ2n) is 8.53. The molecule has 7 heteroatoms. The van der Waals surface area contributed by atoms with Crippen molar-refractivity contribution in [1.29, 1.82) is 0 Å². The van der Waals surface area contributed by atoms with Gasteiger partial charge in [-0.05, 0) is 54.3 Å². The standard InChI is InChI=1S/C25H20FN5O/c26-20-11-15(3-5-19(20)23(27)32)17-12-29-24-30-13-22(31(24)14-17)25(7-8-25)18-4-6-21-16(10-18)2-1-9-28-21/h1-6,9-12,14,22H,7-8,13H2,(H2,27,32). The number of carbonyl (C=O) groups excluding carboxylic acids is 1. The van der Waals surface area contributed by atoms with Gasteiger partial charge in [0.05, 0.1) is 23.7 Å². The molecule has 1 aliphatic carbocycles. The first-order valence-corrected chi connectivity index (χ1v) is 10.6. The Morgan fingerprint density at radius 2 is 2.03 bits per heavy atom. The van der Waals surface area contributed by atoms with Crippen molar-refractivity contribution >= 4 is 34.6 Å². The van der Waals surface area contributed by atoms with Gasteiger partial charge in [0.1, 0.15) is 5.82 Å². The van der Waals surface area contributed by atoms with E-state index in [-0.39, 0.29) is 17.0 Å². The van der Waals surface area contributed by atoms with E-state index in [9.17, 15) is 9.18 Å². The van der Waals surface area contributed by atoms with Crippen molar-refractivity contribution in [3.63, 3.8) is 0 Å². The highest BCUT2D eigenvalue weighted by Gasteiger charge is 2.55. The molecule has 3 aliphatic rings. The SMILES string of the molecule is NC(=O)c1ccc(C2=CN3C(=NCC3C3(c4ccc5ncccc5c4)CC3)N=C2)cc1F. The number of benzene rings is 2. The monoisotopic (exact) mass is 425 g/mol. The van der Waals surface area contributed by atoms with Crippen LogP contribution in [-0.2, 0) is 5.41 Å². The third-order valence-corrected chi connectivity index (χ3v) is 6.74. The van der Waals surface area contributed by atoms with Crippen molar-refractivity contribution in [1.82, 2.24) is 9.88 Å². The molecule has 1 atom stereocenters. The van der Waals surface area contributed by atoms with Crippen LogP contribution in [0.5, 0.6) is 0 Å². The minimum Gasteiger partial charge on any atom is -0.366 e. The van der Waals surface area contributed by atoms with Crippen LogP contribution in [0, 0.1) is 5.82 Å². The minimum absolute atomic E-state index is 0.00479. The first-order chi connectivity index (χ1) is 15.5. The lowest BCUT2D eigenvalue weighted by Crippen LogP contribution is -2.42. The van der Waals surface area contributed by atoms with Gasteiger partial charge in [-0.3, -0.25) is 9.78 Å². The lowest BCUT2D eigenvalue weighted by atomic mass is 9.86. The summed E-state index contributed by atoms with van der Waals surface area (Å²) in [5.74, 6) is -0.734. The number of rotatable bonds is 4. The van der Waals surface area contributed by atoms with Crippen molar-refractivity contribution in [3.8, 4) is 0 Å². The molecule has 32 heavy (non-hydrogen) atoms. The molecular weight excluding hydrogens is 405 g/mol. The van der Waals surface area contributed by atoms with Crippen LogP contribution in [0.25, 0.3) is 16.5 Å². The first kappa shape index (κ1) is 18.9. The molecule has 0 radical (unpaired) electrons. The highest BCUT2D eigenvalue weighted by Crippen LogP contribution is 2.54. The molecule has 2 N–H and O–H groups in total. The van der Waals surface area contributed by atoms with E-state index < -0.39 is 11.7 Å². The summed E-state index contributed by atoms with van der Waals surface area (Å²) >= 11 is 0. The lowest BCUT2D eigenvalue weighted by molar-refractivity contribution is 0.0996. The summed E-state index contributed by atoms with van der Waals surface area (Å²) < 4.78 is 14.3. The van der Waals surface area contributed by atoms with Crippen molar-refractivity contribution in [2.75, 3.05) is 6.54 Å². The molecule has 0 spiro atoms. The van der Waals surface area contributed by atoms with E-state index in [1.165, 1.54) is 17.7 Å². The topological polar surface area (TPSA) is 83.9 Å². The second kappa shape index (κ2) is 6.82. The number of amides is 1. The number of aromatic nitrogens is 1. The van der Waals surface area contributed by atoms with Gasteiger partial charge in [0.2, 0.25) is 5.96 Å². The van der Waals surface area contributed by atoms with Gasteiger partial charge in [-0.1, -0.05) is 18.2 Å². The van der Waals surface area contributed by atoms with E-state index in [0.29, 0.717) is 18.1 Å². The predicted molar refractivity (Wildman–Crippen MR) is 122 cm³/mol. The summed E-state index contributed by atoms with van der Waals surface area (Å²) in [6.45, 7) is 0.663. The van der Waals surface area contributed by atoms with Gasteiger partial charge in [0.25, 0.3) is 5.91 Å². The highest BCUT2D eigenvalue weighted by molar-refractivity contribution is 6.16. The number of hydrogen-bond acceptors (Lipinski definition) is 5. The molecule has 0 saturated heterocycles. The van der Waals surface area contributed by atoms with E-state index in [0.717, 1.165) is 29.3 Å². The molecule has 1 fully saturated rings. The Balaban J connectivity index is 1.35. The van der Waals surface area contributed by atoms with Gasteiger partial charge in [-0.15, -0.1) is 0 Å². The van der Waals surface area contributed by atoms with Gasteiger partial charge >= 0.3 is 0 Å². The molecule has 3 heterocycles. The summed E-state index contributed by atoms with van der Waals surface area (Å²) in [6, 6.07) is 15.1. The lowest BCUT2D eigenvalue weighted by Gasteiger charge is -2.32. The Morgan fingerprint density at radius 3 is 2.81 bits per heavy atom. The maximum atomic E-state index is 14.3. The van der Waals surface area contributed by atoms with Gasteiger partial charge in [0, 0.05) is 35.0 Å². The smallest absolute Gasteiger partial charge is 0.251 e. The second-order valence-corrected chi connectivity index (χ2v) is 8.53. The molecule has 2 aliphatic heterocycles. The summed E-state index contributed by atoms with van der Waals surface area (Å²) in [6.07, 6.45) is 7.65. The van der Waals surface area contributed by atoms with Gasteiger partial charge in [-0.25, -0.2) is 14.4 Å². The molecule has 1 unspecified atom stereocenters. The molecule has 1 aromatic heterocycles. The zero-order valence-corrected chi connectivity index (χ0v) is 17.2. The molecule has 2 aromatic carbocycles. The fourth-order valence-electron chi connectivity index (χ4n) is 4.86. The van der Waals surface area contributed by atoms with Crippen LogP contribution in [0.2, 0.25) is 0 Å². The fourth-order valence-corrected chi connectivity index (χ4v) is 4.86.